The molecule has 84 valence electrons. The van der Waals surface area contributed by atoms with E-state index in [0.29, 0.717) is 5.92 Å². The maximum Gasteiger partial charge on any atom is 0.307 e. The van der Waals surface area contributed by atoms with E-state index in [1.807, 2.05) is 18.2 Å². The summed E-state index contributed by atoms with van der Waals surface area (Å²) in [5, 5.41) is 12.1. The quantitative estimate of drug-likeness (QED) is 0.880. The highest BCUT2D eigenvalue weighted by molar-refractivity contribution is 7.17. The number of hydrogen-bond donors (Lipinski definition) is 1. The maximum atomic E-state index is 10.7. The third-order valence-corrected chi connectivity index (χ3v) is 3.63. The number of hydrogen-bond acceptors (Lipinski definition) is 2. The molecule has 0 spiro atoms. The lowest BCUT2D eigenvalue weighted by Crippen LogP contribution is -1.99. The molecule has 1 heterocycles. The summed E-state index contributed by atoms with van der Waals surface area (Å²) in [4.78, 5) is 10.7. The molecular formula is C13H14O2S. The zero-order chi connectivity index (χ0) is 11.7. The third-order valence-electron chi connectivity index (χ3n) is 2.65. The average Bonchev–Trinajstić information content (AvgIpc) is 2.59. The number of carboxylic acid groups (broad SMARTS) is 1. The summed E-state index contributed by atoms with van der Waals surface area (Å²) >= 11 is 1.72. The number of carbonyl (C=O) groups is 1. The van der Waals surface area contributed by atoms with Crippen molar-refractivity contribution in [2.45, 2.75) is 26.2 Å². The SMILES string of the molecule is CC(C)c1csc2ccc(CC(=O)O)cc12. The van der Waals surface area contributed by atoms with E-state index in [9.17, 15) is 4.79 Å². The van der Waals surface area contributed by atoms with Gasteiger partial charge >= 0.3 is 5.97 Å². The number of aliphatic carboxylic acids is 1. The number of fused-ring (bicyclic) bond motifs is 1. The van der Waals surface area contributed by atoms with Gasteiger partial charge in [0, 0.05) is 4.70 Å². The molecule has 0 saturated heterocycles. The second kappa shape index (κ2) is 4.26. The lowest BCUT2D eigenvalue weighted by atomic mass is 10.0. The average molecular weight is 234 g/mol. The van der Waals surface area contributed by atoms with Gasteiger partial charge in [-0.1, -0.05) is 19.9 Å². The molecule has 1 aromatic carbocycles. The van der Waals surface area contributed by atoms with Gasteiger partial charge in [0.05, 0.1) is 6.42 Å². The normalized spacial score (nSPS) is 11.2. The van der Waals surface area contributed by atoms with Crippen molar-refractivity contribution >= 4 is 27.4 Å². The van der Waals surface area contributed by atoms with Crippen LogP contribution in [0.5, 0.6) is 0 Å². The van der Waals surface area contributed by atoms with Crippen LogP contribution in [-0.2, 0) is 11.2 Å². The van der Waals surface area contributed by atoms with Crippen molar-refractivity contribution in [3.8, 4) is 0 Å². The predicted octanol–water partition coefficient (Wildman–Crippen LogP) is 3.65. The molecule has 1 aromatic heterocycles. The molecule has 0 atom stereocenters. The van der Waals surface area contributed by atoms with Crippen LogP contribution in [0.1, 0.15) is 30.9 Å². The van der Waals surface area contributed by atoms with Crippen LogP contribution in [0, 0.1) is 0 Å². The lowest BCUT2D eigenvalue weighted by molar-refractivity contribution is -0.136. The van der Waals surface area contributed by atoms with Gasteiger partial charge in [-0.25, -0.2) is 0 Å². The molecule has 0 amide bonds. The van der Waals surface area contributed by atoms with E-state index in [2.05, 4.69) is 19.2 Å². The van der Waals surface area contributed by atoms with Gasteiger partial charge in [-0.15, -0.1) is 11.3 Å². The Morgan fingerprint density at radius 3 is 2.81 bits per heavy atom. The molecule has 0 unspecified atom stereocenters. The minimum Gasteiger partial charge on any atom is -0.481 e. The van der Waals surface area contributed by atoms with E-state index in [1.165, 1.54) is 15.6 Å². The Kier molecular flexibility index (Phi) is 2.97. The van der Waals surface area contributed by atoms with E-state index in [-0.39, 0.29) is 6.42 Å². The highest BCUT2D eigenvalue weighted by Gasteiger charge is 2.09. The van der Waals surface area contributed by atoms with Gasteiger partial charge in [0.15, 0.2) is 0 Å². The maximum absolute atomic E-state index is 10.7. The summed E-state index contributed by atoms with van der Waals surface area (Å²) in [5.74, 6) is -0.297. The first kappa shape index (κ1) is 11.1. The molecular weight excluding hydrogens is 220 g/mol. The van der Waals surface area contributed by atoms with Gasteiger partial charge < -0.3 is 5.11 Å². The molecule has 0 aliphatic carbocycles. The Balaban J connectivity index is 2.50. The van der Waals surface area contributed by atoms with E-state index in [4.69, 9.17) is 5.11 Å². The Hall–Kier alpha value is -1.35. The van der Waals surface area contributed by atoms with Crippen molar-refractivity contribution in [3.05, 3.63) is 34.7 Å². The monoisotopic (exact) mass is 234 g/mol. The Bertz CT molecular complexity index is 526. The molecule has 0 saturated carbocycles. The first-order valence-electron chi connectivity index (χ1n) is 5.29. The van der Waals surface area contributed by atoms with E-state index in [1.54, 1.807) is 11.3 Å². The van der Waals surface area contributed by atoms with Gasteiger partial charge in [0.25, 0.3) is 0 Å². The van der Waals surface area contributed by atoms with Gasteiger partial charge in [-0.05, 0) is 39.9 Å². The standard InChI is InChI=1S/C13H14O2S/c1-8(2)11-7-16-12-4-3-9(5-10(11)12)6-13(14)15/h3-5,7-8H,6H2,1-2H3,(H,14,15). The first-order valence-corrected chi connectivity index (χ1v) is 6.17. The van der Waals surface area contributed by atoms with E-state index in [0.717, 1.165) is 5.56 Å². The van der Waals surface area contributed by atoms with E-state index >= 15 is 0 Å². The molecule has 16 heavy (non-hydrogen) atoms. The highest BCUT2D eigenvalue weighted by atomic mass is 32.1. The second-order valence-corrected chi connectivity index (χ2v) is 5.16. The van der Waals surface area contributed by atoms with Crippen LogP contribution in [0.15, 0.2) is 23.6 Å². The Morgan fingerprint density at radius 1 is 1.44 bits per heavy atom. The summed E-state index contributed by atoms with van der Waals surface area (Å²) in [6, 6.07) is 5.93. The van der Waals surface area contributed by atoms with Crippen LogP contribution in [0.3, 0.4) is 0 Å². The predicted molar refractivity (Wildman–Crippen MR) is 67.3 cm³/mol. The van der Waals surface area contributed by atoms with Crippen LogP contribution in [0.4, 0.5) is 0 Å². The van der Waals surface area contributed by atoms with Gasteiger partial charge in [-0.3, -0.25) is 4.79 Å². The molecule has 0 aliphatic heterocycles. The molecule has 0 bridgehead atoms. The summed E-state index contributed by atoms with van der Waals surface area (Å²) in [5.41, 5.74) is 2.19. The summed E-state index contributed by atoms with van der Waals surface area (Å²) < 4.78 is 1.23. The molecule has 0 fully saturated rings. The van der Waals surface area contributed by atoms with Crippen LogP contribution in [0.25, 0.3) is 10.1 Å². The third kappa shape index (κ3) is 2.09. The summed E-state index contributed by atoms with van der Waals surface area (Å²) in [6.45, 7) is 4.32. The first-order chi connectivity index (χ1) is 7.58. The zero-order valence-electron chi connectivity index (χ0n) is 9.36. The van der Waals surface area contributed by atoms with Crippen molar-refractivity contribution in [2.75, 3.05) is 0 Å². The summed E-state index contributed by atoms with van der Waals surface area (Å²) in [7, 11) is 0. The molecule has 2 nitrogen and oxygen atoms in total. The van der Waals surface area contributed by atoms with Crippen LogP contribution in [0.2, 0.25) is 0 Å². The van der Waals surface area contributed by atoms with Crippen molar-refractivity contribution in [1.29, 1.82) is 0 Å². The van der Waals surface area contributed by atoms with Gasteiger partial charge in [0.2, 0.25) is 0 Å². The number of benzene rings is 1. The van der Waals surface area contributed by atoms with Gasteiger partial charge in [0.1, 0.15) is 0 Å². The number of rotatable bonds is 3. The highest BCUT2D eigenvalue weighted by Crippen LogP contribution is 2.31. The molecule has 1 N–H and O–H groups in total. The molecule has 2 aromatic rings. The Labute approximate surface area is 98.5 Å². The zero-order valence-corrected chi connectivity index (χ0v) is 10.2. The van der Waals surface area contributed by atoms with Crippen molar-refractivity contribution in [1.82, 2.24) is 0 Å². The van der Waals surface area contributed by atoms with E-state index < -0.39 is 5.97 Å². The van der Waals surface area contributed by atoms with Gasteiger partial charge in [-0.2, -0.15) is 0 Å². The lowest BCUT2D eigenvalue weighted by Gasteiger charge is -2.04. The van der Waals surface area contributed by atoms with Crippen molar-refractivity contribution in [3.63, 3.8) is 0 Å². The molecule has 0 aliphatic rings. The number of thiophene rings is 1. The smallest absolute Gasteiger partial charge is 0.307 e. The molecule has 3 heteroatoms. The second-order valence-electron chi connectivity index (χ2n) is 4.25. The fourth-order valence-corrected chi connectivity index (χ4v) is 2.93. The summed E-state index contributed by atoms with van der Waals surface area (Å²) in [6.07, 6.45) is 0.101. The fourth-order valence-electron chi connectivity index (χ4n) is 1.83. The van der Waals surface area contributed by atoms with Crippen LogP contribution < -0.4 is 0 Å². The molecule has 0 radical (unpaired) electrons. The topological polar surface area (TPSA) is 37.3 Å². The van der Waals surface area contributed by atoms with Crippen molar-refractivity contribution < 1.29 is 9.90 Å². The fraction of sp³-hybridized carbons (Fsp3) is 0.308. The largest absolute Gasteiger partial charge is 0.481 e. The Morgan fingerprint density at radius 2 is 2.19 bits per heavy atom. The van der Waals surface area contributed by atoms with Crippen molar-refractivity contribution in [2.24, 2.45) is 0 Å². The number of carboxylic acids is 1. The van der Waals surface area contributed by atoms with Crippen LogP contribution in [-0.4, -0.2) is 11.1 Å². The minimum absolute atomic E-state index is 0.101. The minimum atomic E-state index is -0.777. The van der Waals surface area contributed by atoms with Crippen LogP contribution >= 0.6 is 11.3 Å². The molecule has 2 rings (SSSR count).